The standard InChI is InChI=1S/C23H26F2N6O2.C22H25FN6O2/c1-14(32)30-7-5-21-20(12-30)23(28-31(21)17-6-8-33-13-17)27-16-3-4-18(19(9-16)22(24)25)15-10-26-29(2)11-15;1-14(30)28-7-5-21-19(12-28)22(26-29(21)17-6-8-31-13-17)25-16-3-4-20(23)18(9-16)15-10-24-27(2)11-15/h3-4,9-11,17,22H,5-8,12-13H2,1-2H3,(H,27,28);3-4,9-11,17H,5-8,12-13H2,1-2H3,(H,25,26). The molecule has 2 atom stereocenters. The lowest BCUT2D eigenvalue weighted by Crippen LogP contribution is -2.35. The Kier molecular flexibility index (Phi) is 12.0. The van der Waals surface area contributed by atoms with E-state index in [1.807, 2.05) is 9.58 Å². The van der Waals surface area contributed by atoms with Crippen molar-refractivity contribution in [1.82, 2.24) is 48.9 Å². The topological polar surface area (TPSA) is 154 Å². The maximum Gasteiger partial charge on any atom is 0.264 e. The number of alkyl halides is 2. The Hall–Kier alpha value is -6.47. The molecule has 6 aromatic rings. The van der Waals surface area contributed by atoms with Gasteiger partial charge in [-0.15, -0.1) is 0 Å². The van der Waals surface area contributed by atoms with Crippen LogP contribution in [0.2, 0.25) is 0 Å². The third kappa shape index (κ3) is 8.73. The molecular weight excluding hydrogens is 830 g/mol. The molecule has 2 unspecified atom stereocenters. The van der Waals surface area contributed by atoms with Crippen molar-refractivity contribution in [2.75, 3.05) is 50.2 Å². The molecule has 2 saturated heterocycles. The van der Waals surface area contributed by atoms with E-state index in [1.54, 1.807) is 91.3 Å². The van der Waals surface area contributed by atoms with Gasteiger partial charge in [0.2, 0.25) is 11.8 Å². The number of amides is 2. The lowest BCUT2D eigenvalue weighted by molar-refractivity contribution is -0.130. The molecule has 4 aromatic heterocycles. The Morgan fingerprint density at radius 3 is 1.67 bits per heavy atom. The summed E-state index contributed by atoms with van der Waals surface area (Å²) < 4.78 is 60.8. The Morgan fingerprint density at radius 2 is 1.22 bits per heavy atom. The molecule has 2 aromatic carbocycles. The van der Waals surface area contributed by atoms with Crippen LogP contribution in [0.1, 0.15) is 73.3 Å². The first-order valence-electron chi connectivity index (χ1n) is 21.5. The minimum atomic E-state index is -2.64. The average Bonchev–Trinajstić information content (AvgIpc) is 4.15. The van der Waals surface area contributed by atoms with Crippen molar-refractivity contribution in [3.8, 4) is 22.3 Å². The van der Waals surface area contributed by atoms with Crippen LogP contribution in [-0.4, -0.2) is 100 Å². The molecule has 2 fully saturated rings. The van der Waals surface area contributed by atoms with Gasteiger partial charge < -0.3 is 29.9 Å². The lowest BCUT2D eigenvalue weighted by Gasteiger charge is -2.27. The van der Waals surface area contributed by atoms with E-state index >= 15 is 0 Å². The number of hydrogen-bond donors (Lipinski definition) is 2. The summed E-state index contributed by atoms with van der Waals surface area (Å²) in [5.41, 5.74) is 7.61. The number of benzene rings is 2. The highest BCUT2D eigenvalue weighted by Crippen LogP contribution is 2.38. The number of aryl methyl sites for hydroxylation is 2. The summed E-state index contributed by atoms with van der Waals surface area (Å²) in [4.78, 5) is 27.6. The molecule has 0 bridgehead atoms. The maximum absolute atomic E-state index is 14.5. The molecule has 0 aliphatic carbocycles. The lowest BCUT2D eigenvalue weighted by atomic mass is 10.0. The second-order valence-electron chi connectivity index (χ2n) is 16.7. The Balaban J connectivity index is 0.000000162. The molecule has 0 radical (unpaired) electrons. The molecule has 8 heterocycles. The first-order chi connectivity index (χ1) is 30.9. The molecular formula is C45H51F3N12O4. The fourth-order valence-corrected chi connectivity index (χ4v) is 8.97. The van der Waals surface area contributed by atoms with Crippen molar-refractivity contribution in [2.24, 2.45) is 14.1 Å². The van der Waals surface area contributed by atoms with Gasteiger partial charge in [0.25, 0.3) is 6.43 Å². The third-order valence-corrected chi connectivity index (χ3v) is 12.4. The van der Waals surface area contributed by atoms with Gasteiger partial charge in [0, 0.05) is 136 Å². The molecule has 336 valence electrons. The predicted molar refractivity (Wildman–Crippen MR) is 232 cm³/mol. The third-order valence-electron chi connectivity index (χ3n) is 12.4. The van der Waals surface area contributed by atoms with E-state index in [1.165, 1.54) is 12.1 Å². The highest BCUT2D eigenvalue weighted by Gasteiger charge is 2.32. The monoisotopic (exact) mass is 880 g/mol. The normalized spacial score (nSPS) is 18.2. The van der Waals surface area contributed by atoms with Crippen molar-refractivity contribution in [3.63, 3.8) is 0 Å². The number of halogens is 3. The van der Waals surface area contributed by atoms with Gasteiger partial charge >= 0.3 is 0 Å². The Morgan fingerprint density at radius 1 is 0.719 bits per heavy atom. The van der Waals surface area contributed by atoms with Crippen LogP contribution in [0.15, 0.2) is 61.2 Å². The number of carbonyl (C=O) groups is 2. The average molecular weight is 881 g/mol. The number of anilines is 4. The van der Waals surface area contributed by atoms with E-state index in [0.29, 0.717) is 92.0 Å². The van der Waals surface area contributed by atoms with Crippen LogP contribution in [-0.2, 0) is 59.1 Å². The highest BCUT2D eigenvalue weighted by molar-refractivity contribution is 5.76. The summed E-state index contributed by atoms with van der Waals surface area (Å²) in [5.74, 6) is 1.05. The van der Waals surface area contributed by atoms with E-state index in [0.717, 1.165) is 54.1 Å². The van der Waals surface area contributed by atoms with Gasteiger partial charge in [-0.05, 0) is 48.7 Å². The highest BCUT2D eigenvalue weighted by atomic mass is 19.3. The zero-order valence-corrected chi connectivity index (χ0v) is 36.2. The summed E-state index contributed by atoms with van der Waals surface area (Å²) in [6.07, 6.45) is 7.32. The zero-order valence-electron chi connectivity index (χ0n) is 36.2. The quantitative estimate of drug-likeness (QED) is 0.157. The van der Waals surface area contributed by atoms with E-state index in [4.69, 9.17) is 19.7 Å². The molecule has 19 heteroatoms. The van der Waals surface area contributed by atoms with Gasteiger partial charge in [-0.2, -0.15) is 20.4 Å². The SMILES string of the molecule is CC(=O)N1CCc2c(c(Nc3ccc(-c4cnn(C)c4)c(C(F)F)c3)nn2C2CCOC2)C1.CC(=O)N1CCc2c(c(Nc3ccc(F)c(-c4cnn(C)c4)c3)nn2C2CCOC2)C1. The molecule has 64 heavy (non-hydrogen) atoms. The van der Waals surface area contributed by atoms with Gasteiger partial charge in [-0.25, -0.2) is 13.2 Å². The second-order valence-corrected chi connectivity index (χ2v) is 16.7. The Labute approximate surface area is 367 Å². The first-order valence-corrected chi connectivity index (χ1v) is 21.5. The fourth-order valence-electron chi connectivity index (χ4n) is 8.97. The summed E-state index contributed by atoms with van der Waals surface area (Å²) in [6.45, 7) is 8.08. The fraction of sp³-hybridized carbons (Fsp3) is 0.422. The maximum atomic E-state index is 14.5. The van der Waals surface area contributed by atoms with Crippen LogP contribution in [0.4, 0.5) is 36.2 Å². The number of nitrogens with one attached hydrogen (secondary N) is 2. The van der Waals surface area contributed by atoms with Crippen molar-refractivity contribution < 1.29 is 32.2 Å². The number of hydrogen-bond acceptors (Lipinski definition) is 10. The van der Waals surface area contributed by atoms with Gasteiger partial charge in [0.15, 0.2) is 11.6 Å². The molecule has 0 saturated carbocycles. The summed E-state index contributed by atoms with van der Waals surface area (Å²) in [6, 6.07) is 10.2. The van der Waals surface area contributed by atoms with Gasteiger partial charge in [0.1, 0.15) is 5.82 Å². The van der Waals surface area contributed by atoms with Crippen LogP contribution >= 0.6 is 0 Å². The minimum Gasteiger partial charge on any atom is -0.379 e. The number of ether oxygens (including phenoxy) is 2. The summed E-state index contributed by atoms with van der Waals surface area (Å²) in [7, 11) is 3.55. The molecule has 2 N–H and O–H groups in total. The second kappa shape index (κ2) is 18.0. The van der Waals surface area contributed by atoms with Gasteiger partial charge in [-0.1, -0.05) is 6.07 Å². The van der Waals surface area contributed by atoms with Crippen LogP contribution in [0.5, 0.6) is 0 Å². The summed E-state index contributed by atoms with van der Waals surface area (Å²) in [5, 5.41) is 24.5. The van der Waals surface area contributed by atoms with Crippen LogP contribution in [0.3, 0.4) is 0 Å². The number of carbonyl (C=O) groups excluding carboxylic acids is 2. The Bertz CT molecular complexity index is 2680. The number of aromatic nitrogens is 8. The van der Waals surface area contributed by atoms with Crippen molar-refractivity contribution in [1.29, 1.82) is 0 Å². The number of fused-ring (bicyclic) bond motifs is 2. The van der Waals surface area contributed by atoms with Crippen LogP contribution in [0, 0.1) is 5.82 Å². The van der Waals surface area contributed by atoms with Crippen molar-refractivity contribution >= 4 is 34.8 Å². The summed E-state index contributed by atoms with van der Waals surface area (Å²) >= 11 is 0. The van der Waals surface area contributed by atoms with Crippen molar-refractivity contribution in [2.45, 2.75) is 71.1 Å². The largest absolute Gasteiger partial charge is 0.379 e. The number of nitrogens with zero attached hydrogens (tertiary/aromatic N) is 10. The molecule has 0 spiro atoms. The van der Waals surface area contributed by atoms with Crippen LogP contribution < -0.4 is 10.6 Å². The van der Waals surface area contributed by atoms with E-state index in [2.05, 4.69) is 25.5 Å². The van der Waals surface area contributed by atoms with Gasteiger partial charge in [0.05, 0.1) is 50.8 Å². The molecule has 2 amide bonds. The van der Waals surface area contributed by atoms with Crippen molar-refractivity contribution in [3.05, 3.63) is 95.1 Å². The molecule has 4 aliphatic heterocycles. The number of rotatable bonds is 9. The molecule has 4 aliphatic rings. The molecule has 10 rings (SSSR count). The smallest absolute Gasteiger partial charge is 0.264 e. The van der Waals surface area contributed by atoms with E-state index in [9.17, 15) is 22.8 Å². The van der Waals surface area contributed by atoms with Gasteiger partial charge in [-0.3, -0.25) is 28.3 Å². The first kappa shape index (κ1) is 42.8. The van der Waals surface area contributed by atoms with Crippen LogP contribution in [0.25, 0.3) is 22.3 Å². The molecule has 16 nitrogen and oxygen atoms in total. The zero-order chi connectivity index (χ0) is 44.6. The van der Waals surface area contributed by atoms with E-state index < -0.39 is 6.43 Å². The predicted octanol–water partition coefficient (Wildman–Crippen LogP) is 6.86. The van der Waals surface area contributed by atoms with E-state index in [-0.39, 0.29) is 35.3 Å². The minimum absolute atomic E-state index is 0.00404.